The Morgan fingerprint density at radius 2 is 2.24 bits per heavy atom. The first-order chi connectivity index (χ1) is 8.25. The van der Waals surface area contributed by atoms with E-state index in [0.717, 1.165) is 30.4 Å². The normalized spacial score (nSPS) is 23.3. The fourth-order valence-corrected chi connectivity index (χ4v) is 3.66. The molecule has 0 saturated carbocycles. The molecule has 17 heavy (non-hydrogen) atoms. The fraction of sp³-hybridized carbons (Fsp3) is 0.385. The van der Waals surface area contributed by atoms with E-state index in [1.54, 1.807) is 0 Å². The Morgan fingerprint density at radius 1 is 1.41 bits per heavy atom. The maximum Gasteiger partial charge on any atom is 0.333 e. The lowest BCUT2D eigenvalue weighted by Crippen LogP contribution is -2.33. The van der Waals surface area contributed by atoms with E-state index in [1.165, 1.54) is 0 Å². The molecule has 1 aromatic carbocycles. The lowest BCUT2D eigenvalue weighted by atomic mass is 10.3. The molecule has 1 aliphatic rings. The van der Waals surface area contributed by atoms with Crippen molar-refractivity contribution in [3.05, 3.63) is 30.3 Å². The summed E-state index contributed by atoms with van der Waals surface area (Å²) in [7, 11) is 0. The van der Waals surface area contributed by atoms with E-state index in [-0.39, 0.29) is 0 Å². The fourth-order valence-electron chi connectivity index (χ4n) is 2.31. The van der Waals surface area contributed by atoms with E-state index < -0.39 is 11.4 Å². The summed E-state index contributed by atoms with van der Waals surface area (Å²) in [6, 6.07) is 10.0. The number of furan rings is 1. The number of para-hydroxylation sites is 1. The molecule has 4 heteroatoms. The first kappa shape index (κ1) is 11.1. The number of rotatable bonds is 2. The molecule has 1 saturated heterocycles. The smallest absolute Gasteiger partial charge is 0.333 e. The van der Waals surface area contributed by atoms with Gasteiger partial charge < -0.3 is 8.97 Å². The molecule has 3 nitrogen and oxygen atoms in total. The monoisotopic (exact) mass is 249 g/mol. The molecule has 0 aliphatic carbocycles. The van der Waals surface area contributed by atoms with Crippen LogP contribution in [0.5, 0.6) is 0 Å². The second kappa shape index (κ2) is 4.37. The lowest BCUT2D eigenvalue weighted by molar-refractivity contribution is 0.383. The van der Waals surface area contributed by atoms with Crippen LogP contribution in [0, 0.1) is 0 Å². The molecular formula is C13H15NO2S. The zero-order valence-electron chi connectivity index (χ0n) is 9.76. The molecule has 0 amide bonds. The van der Waals surface area contributed by atoms with Crippen LogP contribution in [0.25, 0.3) is 11.0 Å². The van der Waals surface area contributed by atoms with Gasteiger partial charge in [0.25, 0.3) is 0 Å². The molecule has 2 aromatic rings. The van der Waals surface area contributed by atoms with Crippen molar-refractivity contribution in [2.45, 2.75) is 30.9 Å². The highest BCUT2D eigenvalue weighted by Crippen LogP contribution is 2.29. The molecule has 2 heterocycles. The standard InChI is InChI=1S/C13H15NO2S/c1-10-5-4-8-14(10)17(15)13-9-11-6-2-3-7-12(11)16-13/h2-3,6-7,9-10H,4-5,8H2,1H3. The van der Waals surface area contributed by atoms with Gasteiger partial charge in [-0.15, -0.1) is 4.31 Å². The van der Waals surface area contributed by atoms with Crippen molar-refractivity contribution in [2.24, 2.45) is 0 Å². The summed E-state index contributed by atoms with van der Waals surface area (Å²) in [5, 5.41) is 1.59. The third-order valence-corrected chi connectivity index (χ3v) is 4.79. The van der Waals surface area contributed by atoms with Gasteiger partial charge in [-0.3, -0.25) is 0 Å². The minimum atomic E-state index is -1.15. The van der Waals surface area contributed by atoms with E-state index in [0.29, 0.717) is 11.1 Å². The Kier molecular flexibility index (Phi) is 2.86. The molecule has 1 aliphatic heterocycles. The predicted octanol–water partition coefficient (Wildman–Crippen LogP) is 2.94. The molecule has 0 radical (unpaired) electrons. The van der Waals surface area contributed by atoms with Gasteiger partial charge in [-0.25, -0.2) is 0 Å². The molecule has 0 N–H and O–H groups in total. The lowest BCUT2D eigenvalue weighted by Gasteiger charge is -2.20. The van der Waals surface area contributed by atoms with Crippen LogP contribution in [-0.2, 0) is 11.4 Å². The van der Waals surface area contributed by atoms with Crippen LogP contribution >= 0.6 is 0 Å². The highest BCUT2D eigenvalue weighted by molar-refractivity contribution is 7.89. The van der Waals surface area contributed by atoms with E-state index in [2.05, 4.69) is 6.92 Å². The van der Waals surface area contributed by atoms with E-state index in [4.69, 9.17) is 4.42 Å². The second-order valence-electron chi connectivity index (χ2n) is 4.48. The molecule has 3 rings (SSSR count). The van der Waals surface area contributed by atoms with Crippen LogP contribution in [0.2, 0.25) is 0 Å². The number of nitrogens with zero attached hydrogens (tertiary/aromatic N) is 1. The largest absolute Gasteiger partial charge is 0.590 e. The minimum absolute atomic E-state index is 0.379. The summed E-state index contributed by atoms with van der Waals surface area (Å²) in [6.45, 7) is 3.01. The van der Waals surface area contributed by atoms with Crippen molar-refractivity contribution in [1.82, 2.24) is 4.31 Å². The average Bonchev–Trinajstić information content (AvgIpc) is 2.93. The van der Waals surface area contributed by atoms with Gasteiger partial charge in [-0.2, -0.15) is 0 Å². The second-order valence-corrected chi connectivity index (χ2v) is 5.85. The number of hydrogen-bond donors (Lipinski definition) is 0. The summed E-state index contributed by atoms with van der Waals surface area (Å²) in [5.41, 5.74) is 0.808. The molecule has 90 valence electrons. The summed E-state index contributed by atoms with van der Waals surface area (Å²) in [6.07, 6.45) is 2.24. The number of fused-ring (bicyclic) bond motifs is 1. The maximum atomic E-state index is 12.4. The summed E-state index contributed by atoms with van der Waals surface area (Å²) in [4.78, 5) is 0. The summed E-state index contributed by atoms with van der Waals surface area (Å²) >= 11 is -1.15. The van der Waals surface area contributed by atoms with Crippen molar-refractivity contribution in [3.8, 4) is 0 Å². The van der Waals surface area contributed by atoms with E-state index >= 15 is 0 Å². The van der Waals surface area contributed by atoms with Crippen LogP contribution in [0.15, 0.2) is 39.8 Å². The highest BCUT2D eigenvalue weighted by Gasteiger charge is 2.34. The zero-order valence-corrected chi connectivity index (χ0v) is 10.6. The first-order valence-corrected chi connectivity index (χ1v) is 7.03. The Hall–Kier alpha value is -0.970. The molecule has 0 spiro atoms. The van der Waals surface area contributed by atoms with Crippen LogP contribution in [0.3, 0.4) is 0 Å². The van der Waals surface area contributed by atoms with Crippen LogP contribution in [0.4, 0.5) is 0 Å². The third kappa shape index (κ3) is 1.97. The molecule has 2 atom stereocenters. The molecule has 0 bridgehead atoms. The van der Waals surface area contributed by atoms with Gasteiger partial charge in [0.05, 0.1) is 6.04 Å². The third-order valence-electron chi connectivity index (χ3n) is 3.28. The Morgan fingerprint density at radius 3 is 2.94 bits per heavy atom. The van der Waals surface area contributed by atoms with E-state index in [1.807, 2.05) is 34.6 Å². The van der Waals surface area contributed by atoms with Gasteiger partial charge in [-0.05, 0) is 25.8 Å². The van der Waals surface area contributed by atoms with Crippen LogP contribution in [0.1, 0.15) is 19.8 Å². The van der Waals surface area contributed by atoms with Gasteiger partial charge in [0.2, 0.25) is 0 Å². The molecule has 1 fully saturated rings. The van der Waals surface area contributed by atoms with E-state index in [9.17, 15) is 4.55 Å². The molecular weight excluding hydrogens is 234 g/mol. The average molecular weight is 249 g/mol. The number of benzene rings is 1. The number of hydrogen-bond acceptors (Lipinski definition) is 3. The van der Waals surface area contributed by atoms with Crippen LogP contribution in [-0.4, -0.2) is 21.4 Å². The molecule has 1 aromatic heterocycles. The van der Waals surface area contributed by atoms with Gasteiger partial charge in [0, 0.05) is 18.0 Å². The quantitative estimate of drug-likeness (QED) is 0.768. The summed E-state index contributed by atoms with van der Waals surface area (Å²) in [5.74, 6) is 0. The van der Waals surface area contributed by atoms with Crippen molar-refractivity contribution in [1.29, 1.82) is 0 Å². The Bertz CT molecular complexity index is 492. The maximum absolute atomic E-state index is 12.4. The first-order valence-electron chi connectivity index (χ1n) is 5.93. The Balaban J connectivity index is 1.92. The zero-order chi connectivity index (χ0) is 11.8. The van der Waals surface area contributed by atoms with Crippen molar-refractivity contribution in [2.75, 3.05) is 6.54 Å². The van der Waals surface area contributed by atoms with Gasteiger partial charge in [0.1, 0.15) is 16.9 Å². The predicted molar refractivity (Wildman–Crippen MR) is 68.0 cm³/mol. The molecule has 2 unspecified atom stereocenters. The summed E-state index contributed by atoms with van der Waals surface area (Å²) < 4.78 is 20.0. The van der Waals surface area contributed by atoms with Crippen molar-refractivity contribution < 1.29 is 8.97 Å². The highest BCUT2D eigenvalue weighted by atomic mass is 32.2. The minimum Gasteiger partial charge on any atom is -0.590 e. The van der Waals surface area contributed by atoms with Gasteiger partial charge in [-0.1, -0.05) is 18.2 Å². The van der Waals surface area contributed by atoms with Crippen LogP contribution < -0.4 is 0 Å². The van der Waals surface area contributed by atoms with Gasteiger partial charge in [0.15, 0.2) is 0 Å². The topological polar surface area (TPSA) is 39.4 Å². The van der Waals surface area contributed by atoms with Gasteiger partial charge >= 0.3 is 5.09 Å². The Labute approximate surface area is 104 Å². The van der Waals surface area contributed by atoms with Crippen molar-refractivity contribution >= 4 is 22.3 Å². The SMILES string of the molecule is CC1CCCN1[S+]([O-])c1cc2ccccc2o1. The van der Waals surface area contributed by atoms with Crippen molar-refractivity contribution in [3.63, 3.8) is 0 Å².